The molecular formula is C17H20N6. The Morgan fingerprint density at radius 3 is 2.78 bits per heavy atom. The average molecular weight is 308 g/mol. The van der Waals surface area contributed by atoms with Crippen LogP contribution in [0.25, 0.3) is 0 Å². The second-order valence-corrected chi connectivity index (χ2v) is 5.87. The molecule has 1 aliphatic rings. The predicted molar refractivity (Wildman–Crippen MR) is 86.8 cm³/mol. The Morgan fingerprint density at radius 1 is 0.957 bits per heavy atom. The molecule has 0 aromatic carbocycles. The first-order valence-electron chi connectivity index (χ1n) is 8.01. The zero-order valence-corrected chi connectivity index (χ0v) is 13.0. The second-order valence-electron chi connectivity index (χ2n) is 5.87. The number of hydrogen-bond donors (Lipinski definition) is 0. The van der Waals surface area contributed by atoms with E-state index in [0.29, 0.717) is 0 Å². The van der Waals surface area contributed by atoms with E-state index in [9.17, 15) is 0 Å². The van der Waals surface area contributed by atoms with Gasteiger partial charge in [0.2, 0.25) is 0 Å². The highest BCUT2D eigenvalue weighted by molar-refractivity contribution is 5.09. The number of aromatic nitrogens is 5. The van der Waals surface area contributed by atoms with Crippen molar-refractivity contribution in [3.8, 4) is 0 Å². The predicted octanol–water partition coefficient (Wildman–Crippen LogP) is 1.58. The summed E-state index contributed by atoms with van der Waals surface area (Å²) in [6, 6.07) is 8.05. The number of rotatable bonds is 4. The second kappa shape index (κ2) is 6.34. The highest BCUT2D eigenvalue weighted by atomic mass is 15.3. The monoisotopic (exact) mass is 308 g/mol. The van der Waals surface area contributed by atoms with Gasteiger partial charge in [0, 0.05) is 51.2 Å². The molecule has 6 nitrogen and oxygen atoms in total. The molecular weight excluding hydrogens is 288 g/mol. The van der Waals surface area contributed by atoms with Crippen LogP contribution < -0.4 is 0 Å². The van der Waals surface area contributed by atoms with E-state index in [2.05, 4.69) is 30.6 Å². The first-order chi connectivity index (χ1) is 11.4. The van der Waals surface area contributed by atoms with Crippen molar-refractivity contribution in [2.75, 3.05) is 13.1 Å². The van der Waals surface area contributed by atoms with Crippen LogP contribution in [0.4, 0.5) is 0 Å². The Morgan fingerprint density at radius 2 is 1.96 bits per heavy atom. The molecule has 0 fully saturated rings. The van der Waals surface area contributed by atoms with Crippen molar-refractivity contribution in [2.24, 2.45) is 0 Å². The summed E-state index contributed by atoms with van der Waals surface area (Å²) in [4.78, 5) is 11.5. The summed E-state index contributed by atoms with van der Waals surface area (Å²) >= 11 is 0. The lowest BCUT2D eigenvalue weighted by Crippen LogP contribution is -2.27. The molecule has 4 heterocycles. The summed E-state index contributed by atoms with van der Waals surface area (Å²) in [7, 11) is 0. The average Bonchev–Trinajstić information content (AvgIpc) is 3.17. The molecule has 0 atom stereocenters. The number of fused-ring (bicyclic) bond motifs is 1. The third-order valence-corrected chi connectivity index (χ3v) is 4.31. The molecule has 0 unspecified atom stereocenters. The summed E-state index contributed by atoms with van der Waals surface area (Å²) in [5.41, 5.74) is 2.35. The van der Waals surface area contributed by atoms with E-state index in [1.165, 1.54) is 11.5 Å². The van der Waals surface area contributed by atoms with E-state index in [0.717, 1.165) is 44.8 Å². The van der Waals surface area contributed by atoms with Crippen LogP contribution in [-0.2, 0) is 26.1 Å². The molecule has 118 valence electrons. The van der Waals surface area contributed by atoms with Crippen LogP contribution in [0.3, 0.4) is 0 Å². The lowest BCUT2D eigenvalue weighted by atomic mass is 10.3. The molecule has 23 heavy (non-hydrogen) atoms. The molecule has 0 spiro atoms. The number of imidazole rings is 1. The van der Waals surface area contributed by atoms with Crippen LogP contribution in [0.1, 0.15) is 17.2 Å². The lowest BCUT2D eigenvalue weighted by Gasteiger charge is -2.19. The van der Waals surface area contributed by atoms with Crippen molar-refractivity contribution in [3.05, 3.63) is 66.3 Å². The summed E-state index contributed by atoms with van der Waals surface area (Å²) in [5.74, 6) is 1.18. The largest absolute Gasteiger partial charge is 0.329 e. The Bertz CT molecular complexity index is 747. The zero-order valence-electron chi connectivity index (χ0n) is 13.0. The maximum absolute atomic E-state index is 4.62. The maximum Gasteiger partial charge on any atom is 0.110 e. The smallest absolute Gasteiger partial charge is 0.110 e. The van der Waals surface area contributed by atoms with Gasteiger partial charge in [-0.05, 0) is 18.2 Å². The van der Waals surface area contributed by atoms with Crippen LogP contribution in [0.5, 0.6) is 0 Å². The molecule has 3 aromatic rings. The van der Waals surface area contributed by atoms with Gasteiger partial charge in [-0.2, -0.15) is 5.10 Å². The van der Waals surface area contributed by atoms with E-state index in [-0.39, 0.29) is 0 Å². The molecule has 0 amide bonds. The molecule has 1 aliphatic heterocycles. The van der Waals surface area contributed by atoms with Gasteiger partial charge in [0.1, 0.15) is 5.82 Å². The normalized spacial score (nSPS) is 15.3. The van der Waals surface area contributed by atoms with E-state index < -0.39 is 0 Å². The van der Waals surface area contributed by atoms with Crippen LogP contribution in [0, 0.1) is 0 Å². The quantitative estimate of drug-likeness (QED) is 0.734. The summed E-state index contributed by atoms with van der Waals surface area (Å²) in [6.07, 6.45) is 8.64. The molecule has 0 N–H and O–H groups in total. The van der Waals surface area contributed by atoms with Crippen LogP contribution in [0.15, 0.2) is 49.1 Å². The van der Waals surface area contributed by atoms with E-state index in [1.54, 1.807) is 0 Å². The van der Waals surface area contributed by atoms with Gasteiger partial charge < -0.3 is 4.57 Å². The van der Waals surface area contributed by atoms with Gasteiger partial charge in [0.25, 0.3) is 0 Å². The third-order valence-electron chi connectivity index (χ3n) is 4.31. The van der Waals surface area contributed by atoms with E-state index in [1.807, 2.05) is 47.7 Å². The topological polar surface area (TPSA) is 51.8 Å². The molecule has 6 heteroatoms. The molecule has 3 aromatic heterocycles. The minimum absolute atomic E-state index is 0.778. The maximum atomic E-state index is 4.62. The minimum Gasteiger partial charge on any atom is -0.329 e. The Kier molecular flexibility index (Phi) is 3.90. The first-order valence-corrected chi connectivity index (χ1v) is 8.01. The fourth-order valence-corrected chi connectivity index (χ4v) is 3.10. The highest BCUT2D eigenvalue weighted by Gasteiger charge is 2.17. The fourth-order valence-electron chi connectivity index (χ4n) is 3.10. The summed E-state index contributed by atoms with van der Waals surface area (Å²) in [6.45, 7) is 4.69. The standard InChI is InChI=1S/C17H20N6/c1-2-6-18-15(4-1)13-21-9-5-17-19-12-16(23(17)11-10-21)14-22-8-3-7-20-22/h1-4,6-8,12H,5,9-11,13-14H2. The van der Waals surface area contributed by atoms with Gasteiger partial charge in [-0.3, -0.25) is 14.6 Å². The number of pyridine rings is 1. The van der Waals surface area contributed by atoms with Gasteiger partial charge >= 0.3 is 0 Å². The van der Waals surface area contributed by atoms with Crippen LogP contribution in [0.2, 0.25) is 0 Å². The van der Waals surface area contributed by atoms with Crippen LogP contribution >= 0.6 is 0 Å². The van der Waals surface area contributed by atoms with Crippen molar-refractivity contribution < 1.29 is 0 Å². The molecule has 0 radical (unpaired) electrons. The first kappa shape index (κ1) is 14.1. The Hall–Kier alpha value is -2.47. The Balaban J connectivity index is 1.45. The fraction of sp³-hybridized carbons (Fsp3) is 0.353. The van der Waals surface area contributed by atoms with Gasteiger partial charge in [0.15, 0.2) is 0 Å². The van der Waals surface area contributed by atoms with E-state index in [4.69, 9.17) is 0 Å². The van der Waals surface area contributed by atoms with Crippen molar-refractivity contribution in [1.29, 1.82) is 0 Å². The molecule has 0 saturated heterocycles. The van der Waals surface area contributed by atoms with Gasteiger partial charge in [0.05, 0.1) is 24.1 Å². The van der Waals surface area contributed by atoms with Crippen molar-refractivity contribution in [1.82, 2.24) is 29.2 Å². The van der Waals surface area contributed by atoms with E-state index >= 15 is 0 Å². The SMILES string of the molecule is c1ccc(CN2CCc3ncc(Cn4cccn4)n3CC2)nc1. The molecule has 4 rings (SSSR count). The van der Waals surface area contributed by atoms with Crippen molar-refractivity contribution >= 4 is 0 Å². The molecule has 0 bridgehead atoms. The van der Waals surface area contributed by atoms with Crippen LogP contribution in [-0.4, -0.2) is 42.3 Å². The summed E-state index contributed by atoms with van der Waals surface area (Å²) < 4.78 is 4.29. The molecule has 0 saturated carbocycles. The van der Waals surface area contributed by atoms with Crippen molar-refractivity contribution in [3.63, 3.8) is 0 Å². The van der Waals surface area contributed by atoms with Crippen molar-refractivity contribution in [2.45, 2.75) is 26.1 Å². The summed E-state index contributed by atoms with van der Waals surface area (Å²) in [5, 5.41) is 4.29. The third kappa shape index (κ3) is 3.17. The van der Waals surface area contributed by atoms with Gasteiger partial charge in [-0.1, -0.05) is 6.07 Å². The Labute approximate surface area is 135 Å². The van der Waals surface area contributed by atoms with Gasteiger partial charge in [-0.25, -0.2) is 4.98 Å². The van der Waals surface area contributed by atoms with Gasteiger partial charge in [-0.15, -0.1) is 0 Å². The number of hydrogen-bond acceptors (Lipinski definition) is 4. The molecule has 0 aliphatic carbocycles. The number of nitrogens with zero attached hydrogens (tertiary/aromatic N) is 6. The zero-order chi connectivity index (χ0) is 15.5. The highest BCUT2D eigenvalue weighted by Crippen LogP contribution is 2.14. The lowest BCUT2D eigenvalue weighted by molar-refractivity contribution is 0.267. The minimum atomic E-state index is 0.778.